The monoisotopic (exact) mass is 356 g/mol. The predicted molar refractivity (Wildman–Crippen MR) is 82.3 cm³/mol. The molecule has 0 atom stereocenters. The van der Waals surface area contributed by atoms with E-state index in [0.717, 1.165) is 17.4 Å². The van der Waals surface area contributed by atoms with Gasteiger partial charge < -0.3 is 5.11 Å². The topological polar surface area (TPSA) is 78.8 Å². The zero-order valence-electron chi connectivity index (χ0n) is 12.0. The number of nitrogens with one attached hydrogen (secondary N) is 1. The fourth-order valence-corrected chi connectivity index (χ4v) is 2.37. The smallest absolute Gasteiger partial charge is 0.431 e. The molecule has 2 rings (SSSR count). The van der Waals surface area contributed by atoms with E-state index < -0.39 is 30.0 Å². The fourth-order valence-electron chi connectivity index (χ4n) is 1.71. The first-order chi connectivity index (χ1) is 11.3. The zero-order chi connectivity index (χ0) is 17.7. The molecule has 0 saturated heterocycles. The van der Waals surface area contributed by atoms with Crippen LogP contribution in [-0.2, 0) is 0 Å². The second-order valence-electron chi connectivity index (χ2n) is 4.62. The number of hydrogen-bond acceptors (Lipinski definition) is 5. The van der Waals surface area contributed by atoms with Crippen molar-refractivity contribution < 1.29 is 27.9 Å². The summed E-state index contributed by atoms with van der Waals surface area (Å²) in [5.41, 5.74) is 0.280. The zero-order valence-corrected chi connectivity index (χ0v) is 12.8. The Kier molecular flexibility index (Phi) is 5.35. The van der Waals surface area contributed by atoms with Crippen molar-refractivity contribution in [3.05, 3.63) is 52.2 Å². The third-order valence-corrected chi connectivity index (χ3v) is 3.76. The van der Waals surface area contributed by atoms with Crippen LogP contribution in [0.1, 0.15) is 26.5 Å². The lowest BCUT2D eigenvalue weighted by atomic mass is 10.1. The number of amides is 1. The van der Waals surface area contributed by atoms with Gasteiger partial charge in [-0.25, -0.2) is 5.43 Å². The van der Waals surface area contributed by atoms with E-state index in [-0.39, 0.29) is 16.2 Å². The number of ketones is 1. The summed E-state index contributed by atoms with van der Waals surface area (Å²) in [6.45, 7) is 0. The highest BCUT2D eigenvalue weighted by molar-refractivity contribution is 7.12. The number of aromatic hydroxyl groups is 1. The van der Waals surface area contributed by atoms with Crippen LogP contribution < -0.4 is 5.43 Å². The number of halogens is 3. The van der Waals surface area contributed by atoms with Gasteiger partial charge in [-0.05, 0) is 29.6 Å². The van der Waals surface area contributed by atoms with Crippen molar-refractivity contribution in [1.29, 1.82) is 0 Å². The van der Waals surface area contributed by atoms with Crippen LogP contribution in [-0.4, -0.2) is 28.7 Å². The van der Waals surface area contributed by atoms with Crippen LogP contribution >= 0.6 is 11.3 Å². The molecule has 1 heterocycles. The van der Waals surface area contributed by atoms with Gasteiger partial charge in [-0.2, -0.15) is 18.3 Å². The van der Waals surface area contributed by atoms with Gasteiger partial charge in [0.15, 0.2) is 5.78 Å². The summed E-state index contributed by atoms with van der Waals surface area (Å²) < 4.78 is 38.9. The van der Waals surface area contributed by atoms with Crippen molar-refractivity contribution >= 4 is 28.7 Å². The molecule has 0 spiro atoms. The van der Waals surface area contributed by atoms with Crippen LogP contribution in [0.5, 0.6) is 5.75 Å². The Balaban J connectivity index is 2.14. The quantitative estimate of drug-likeness (QED) is 0.490. The number of rotatable bonds is 5. The van der Waals surface area contributed by atoms with Crippen molar-refractivity contribution in [3.63, 3.8) is 0 Å². The molecule has 0 aliphatic carbocycles. The highest BCUT2D eigenvalue weighted by Gasteiger charge is 2.37. The fraction of sp³-hybridized carbons (Fsp3) is 0.133. The molecule has 0 aliphatic rings. The summed E-state index contributed by atoms with van der Waals surface area (Å²) in [4.78, 5) is 23.7. The molecule has 1 aromatic heterocycles. The number of carbonyl (C=O) groups is 2. The molecule has 0 aliphatic heterocycles. The van der Waals surface area contributed by atoms with Crippen molar-refractivity contribution in [2.24, 2.45) is 5.10 Å². The Morgan fingerprint density at radius 1 is 1.21 bits per heavy atom. The van der Waals surface area contributed by atoms with Crippen molar-refractivity contribution in [2.45, 2.75) is 12.6 Å². The van der Waals surface area contributed by atoms with Gasteiger partial charge in [-0.3, -0.25) is 9.59 Å². The van der Waals surface area contributed by atoms with Crippen LogP contribution in [0.15, 0.2) is 46.9 Å². The summed E-state index contributed by atoms with van der Waals surface area (Å²) in [5, 5.41) is 13.9. The van der Waals surface area contributed by atoms with E-state index in [1.54, 1.807) is 16.9 Å². The number of hydrogen-bond donors (Lipinski definition) is 2. The maximum Gasteiger partial charge on any atom is 0.431 e. The maximum absolute atomic E-state index is 13.0. The van der Waals surface area contributed by atoms with Gasteiger partial charge in [0.05, 0.1) is 11.3 Å². The summed E-state index contributed by atoms with van der Waals surface area (Å²) >= 11 is 1.02. The number of hydrazone groups is 1. The largest absolute Gasteiger partial charge is 0.508 e. The molecule has 5 nitrogen and oxygen atoms in total. The molecule has 0 radical (unpaired) electrons. The molecule has 2 aromatic rings. The summed E-state index contributed by atoms with van der Waals surface area (Å²) in [7, 11) is 0. The lowest BCUT2D eigenvalue weighted by molar-refractivity contribution is -0.0605. The van der Waals surface area contributed by atoms with E-state index >= 15 is 0 Å². The Morgan fingerprint density at radius 3 is 2.54 bits per heavy atom. The Bertz CT molecular complexity index is 771. The Labute approximate surface area is 138 Å². The number of thiophene rings is 1. The van der Waals surface area contributed by atoms with Gasteiger partial charge in [0.25, 0.3) is 5.91 Å². The minimum Gasteiger partial charge on any atom is -0.508 e. The number of alkyl halides is 3. The predicted octanol–water partition coefficient (Wildman–Crippen LogP) is 3.37. The summed E-state index contributed by atoms with van der Waals surface area (Å²) in [6, 6.07) is 8.00. The summed E-state index contributed by atoms with van der Waals surface area (Å²) in [6.07, 6.45) is -5.84. The number of phenolic OH excluding ortho intramolecular Hbond substituents is 1. The SMILES string of the molecule is O=C(NN=C(CC(=O)c1cccs1)C(F)(F)F)c1cccc(O)c1. The van der Waals surface area contributed by atoms with Gasteiger partial charge in [0.2, 0.25) is 0 Å². The minimum absolute atomic E-state index is 0.0649. The summed E-state index contributed by atoms with van der Waals surface area (Å²) in [5.74, 6) is -1.89. The molecule has 0 saturated carbocycles. The Morgan fingerprint density at radius 2 is 1.96 bits per heavy atom. The number of phenols is 1. The first kappa shape index (κ1) is 17.7. The van der Waals surface area contributed by atoms with E-state index in [4.69, 9.17) is 0 Å². The van der Waals surface area contributed by atoms with Gasteiger partial charge in [-0.15, -0.1) is 11.3 Å². The van der Waals surface area contributed by atoms with Crippen LogP contribution in [0, 0.1) is 0 Å². The van der Waals surface area contributed by atoms with Crippen LogP contribution in [0.25, 0.3) is 0 Å². The van der Waals surface area contributed by atoms with Gasteiger partial charge >= 0.3 is 6.18 Å². The highest BCUT2D eigenvalue weighted by Crippen LogP contribution is 2.22. The second kappa shape index (κ2) is 7.26. The molecule has 0 unspecified atom stereocenters. The van der Waals surface area contributed by atoms with E-state index in [2.05, 4.69) is 5.10 Å². The highest BCUT2D eigenvalue weighted by atomic mass is 32.1. The van der Waals surface area contributed by atoms with Gasteiger partial charge in [0, 0.05) is 5.56 Å². The molecule has 0 bridgehead atoms. The van der Waals surface area contributed by atoms with E-state index in [1.807, 2.05) is 0 Å². The molecule has 1 aromatic carbocycles. The molecular formula is C15H11F3N2O3S. The second-order valence-corrected chi connectivity index (χ2v) is 5.57. The molecule has 0 fully saturated rings. The average molecular weight is 356 g/mol. The molecule has 1 amide bonds. The van der Waals surface area contributed by atoms with Crippen molar-refractivity contribution in [3.8, 4) is 5.75 Å². The lowest BCUT2D eigenvalue weighted by Gasteiger charge is -2.10. The number of benzene rings is 1. The molecule has 2 N–H and O–H groups in total. The first-order valence-corrected chi connectivity index (χ1v) is 7.45. The number of Topliss-reactive ketones (excluding diaryl/α,β-unsaturated/α-hetero) is 1. The number of nitrogens with zero attached hydrogens (tertiary/aromatic N) is 1. The van der Waals surface area contributed by atoms with E-state index in [1.165, 1.54) is 24.3 Å². The normalized spacial score (nSPS) is 12.0. The van der Waals surface area contributed by atoms with E-state index in [9.17, 15) is 27.9 Å². The molecule has 126 valence electrons. The van der Waals surface area contributed by atoms with Gasteiger partial charge in [0.1, 0.15) is 11.5 Å². The molecular weight excluding hydrogens is 345 g/mol. The lowest BCUT2D eigenvalue weighted by Crippen LogP contribution is -2.30. The first-order valence-electron chi connectivity index (χ1n) is 6.57. The number of carbonyl (C=O) groups excluding carboxylic acids is 2. The van der Waals surface area contributed by atoms with Crippen molar-refractivity contribution in [2.75, 3.05) is 0 Å². The standard InChI is InChI=1S/C15H11F3N2O3S/c16-15(17,18)13(8-11(22)12-5-2-6-24-12)19-20-14(23)9-3-1-4-10(21)7-9/h1-7,21H,8H2,(H,20,23). The minimum atomic E-state index is -4.86. The molecule has 9 heteroatoms. The van der Waals surface area contributed by atoms with Crippen LogP contribution in [0.3, 0.4) is 0 Å². The van der Waals surface area contributed by atoms with E-state index in [0.29, 0.717) is 0 Å². The van der Waals surface area contributed by atoms with Gasteiger partial charge in [-0.1, -0.05) is 12.1 Å². The Hall–Kier alpha value is -2.68. The third kappa shape index (κ3) is 4.66. The van der Waals surface area contributed by atoms with Crippen LogP contribution in [0.2, 0.25) is 0 Å². The van der Waals surface area contributed by atoms with Crippen molar-refractivity contribution in [1.82, 2.24) is 5.43 Å². The third-order valence-electron chi connectivity index (χ3n) is 2.85. The average Bonchev–Trinajstić information content (AvgIpc) is 3.04. The van der Waals surface area contributed by atoms with Crippen LogP contribution in [0.4, 0.5) is 13.2 Å². The molecule has 24 heavy (non-hydrogen) atoms. The maximum atomic E-state index is 13.0.